The van der Waals surface area contributed by atoms with Crippen LogP contribution in [0.15, 0.2) is 47.5 Å². The topological polar surface area (TPSA) is 105 Å². The summed E-state index contributed by atoms with van der Waals surface area (Å²) in [5, 5.41) is 10.2. The molecule has 1 aliphatic rings. The minimum absolute atomic E-state index is 0.0541. The molecule has 8 nitrogen and oxygen atoms in total. The van der Waals surface area contributed by atoms with E-state index in [9.17, 15) is 8.42 Å². The molecule has 1 saturated heterocycles. The summed E-state index contributed by atoms with van der Waals surface area (Å²) in [7, 11) is 2.39. The number of hydrogen-bond donors (Lipinski definition) is 3. The molecule has 41 heavy (non-hydrogen) atoms. The van der Waals surface area contributed by atoms with Crippen molar-refractivity contribution in [2.45, 2.75) is 67.8 Å². The van der Waals surface area contributed by atoms with E-state index in [0.29, 0.717) is 17.4 Å². The van der Waals surface area contributed by atoms with Crippen LogP contribution in [0.3, 0.4) is 0 Å². The molecule has 13 heteroatoms. The number of nitrogens with zero attached hydrogens (tertiary/aromatic N) is 2. The Hall–Kier alpha value is -2.69. The second-order valence-corrected chi connectivity index (χ2v) is 16.0. The van der Waals surface area contributed by atoms with E-state index in [2.05, 4.69) is 52.8 Å². The number of rotatable bonds is 9. The van der Waals surface area contributed by atoms with Gasteiger partial charge in [0.1, 0.15) is 26.5 Å². The smallest absolute Gasteiger partial charge is 0.229 e. The first kappa shape index (κ1) is 31.3. The van der Waals surface area contributed by atoms with E-state index in [1.165, 1.54) is 11.8 Å². The summed E-state index contributed by atoms with van der Waals surface area (Å²) in [6.45, 7) is 11.5. The van der Waals surface area contributed by atoms with E-state index < -0.39 is 20.0 Å². The number of hydrogen-bond acceptors (Lipinski definition) is 8. The number of benzene rings is 2. The molecule has 3 N–H and O–H groups in total. The minimum Gasteiger partial charge on any atom is -0.495 e. The fraction of sp³-hybridized carbons (Fsp3) is 0.429. The van der Waals surface area contributed by atoms with Crippen LogP contribution in [-0.4, -0.2) is 65.2 Å². The van der Waals surface area contributed by atoms with Crippen LogP contribution in [-0.2, 0) is 15.2 Å². The molecule has 0 spiro atoms. The summed E-state index contributed by atoms with van der Waals surface area (Å²) in [5.41, 5.74) is 3.14. The largest absolute Gasteiger partial charge is 0.495 e. The van der Waals surface area contributed by atoms with Gasteiger partial charge in [0.15, 0.2) is 23.5 Å². The van der Waals surface area contributed by atoms with Gasteiger partial charge in [0.2, 0.25) is 5.95 Å². The zero-order valence-electron chi connectivity index (χ0n) is 25.3. The molecular weight excluding hydrogens is 554 g/mol. The number of aryl methyl sites for hydroxylation is 1. The molecule has 2 heterocycles. The number of sulfone groups is 1. The lowest BCUT2D eigenvalue weighted by Crippen LogP contribution is -2.40. The van der Waals surface area contributed by atoms with Crippen LogP contribution in [0.25, 0.3) is 0 Å². The molecule has 2 aromatic carbocycles. The molecule has 0 aliphatic carbocycles. The molecule has 3 aromatic rings. The number of ether oxygens (including phenoxy) is 1. The van der Waals surface area contributed by atoms with Gasteiger partial charge in [-0.2, -0.15) is 4.98 Å². The Bertz CT molecular complexity index is 1540. The molecule has 216 valence electrons. The zero-order valence-corrected chi connectivity index (χ0v) is 26.8. The van der Waals surface area contributed by atoms with Gasteiger partial charge in [0.25, 0.3) is 0 Å². The van der Waals surface area contributed by atoms with Gasteiger partial charge in [0.05, 0.1) is 28.0 Å². The van der Waals surface area contributed by atoms with Crippen LogP contribution in [0.4, 0.5) is 23.1 Å². The second kappa shape index (κ2) is 11.5. The molecule has 0 amide bonds. The summed E-state index contributed by atoms with van der Waals surface area (Å²) in [6.07, 6.45) is 3.59. The average Bonchev–Trinajstić information content (AvgIpc) is 2.86. The van der Waals surface area contributed by atoms with Gasteiger partial charge in [-0.15, -0.1) is 0 Å². The first-order valence-electron chi connectivity index (χ1n) is 14.0. The standard InChI is InChI=1S/C28H39B3ClN5O3S/c1-17-14-21(22(40-26(2,3)29)15-18(17)28(31)10-12-33-13-11-28)36-25-34-16-19(32)24(37-25)35-20-8-6-7-9-23(20)41(38,39)27(4,5)30/h6-9,14-16,33H,10-13,29-31H2,1-5H3,(H2,34,35,36,37). The maximum Gasteiger partial charge on any atom is 0.229 e. The van der Waals surface area contributed by atoms with E-state index in [-0.39, 0.29) is 21.1 Å². The van der Waals surface area contributed by atoms with Crippen LogP contribution >= 0.6 is 11.6 Å². The predicted molar refractivity (Wildman–Crippen MR) is 177 cm³/mol. The lowest BCUT2D eigenvalue weighted by atomic mass is 9.58. The maximum absolute atomic E-state index is 13.3. The summed E-state index contributed by atoms with van der Waals surface area (Å²) in [5.74, 6) is 1.30. The third-order valence-corrected chi connectivity index (χ3v) is 10.2. The lowest BCUT2D eigenvalue weighted by Gasteiger charge is -2.37. The highest BCUT2D eigenvalue weighted by Crippen LogP contribution is 2.40. The van der Waals surface area contributed by atoms with Crippen molar-refractivity contribution in [3.8, 4) is 5.75 Å². The summed E-state index contributed by atoms with van der Waals surface area (Å²) in [6, 6.07) is 11.0. The molecular formula is C28H39B3ClN5O3S. The molecule has 0 saturated carbocycles. The monoisotopic (exact) mass is 593 g/mol. The SMILES string of the molecule is BC(C)(C)Oc1cc(C2(B)CCNCC2)c(C)cc1Nc1ncc(Cl)c(Nc2ccccc2S(=O)(=O)C(B)(C)C)n1. The third kappa shape index (κ3) is 7.04. The third-order valence-electron chi connectivity index (χ3n) is 7.33. The van der Waals surface area contributed by atoms with Crippen LogP contribution in [0.5, 0.6) is 5.75 Å². The highest BCUT2D eigenvalue weighted by atomic mass is 35.5. The lowest BCUT2D eigenvalue weighted by molar-refractivity contribution is 0.199. The van der Waals surface area contributed by atoms with Crippen molar-refractivity contribution in [1.82, 2.24) is 15.3 Å². The molecule has 1 fully saturated rings. The van der Waals surface area contributed by atoms with Crippen LogP contribution < -0.4 is 20.7 Å². The van der Waals surface area contributed by atoms with Gasteiger partial charge in [-0.05, 0) is 87.4 Å². The Morgan fingerprint density at radius 1 is 1.05 bits per heavy atom. The zero-order chi connectivity index (χ0) is 30.2. The van der Waals surface area contributed by atoms with E-state index in [4.69, 9.17) is 16.3 Å². The molecule has 0 atom stereocenters. The summed E-state index contributed by atoms with van der Waals surface area (Å²) < 4.78 is 32.0. The average molecular weight is 594 g/mol. The van der Waals surface area contributed by atoms with Crippen molar-refractivity contribution >= 4 is 68.1 Å². The van der Waals surface area contributed by atoms with Crippen molar-refractivity contribution in [1.29, 1.82) is 0 Å². The maximum atomic E-state index is 13.3. The van der Waals surface area contributed by atoms with Gasteiger partial charge in [0, 0.05) is 4.65 Å². The minimum atomic E-state index is -3.63. The van der Waals surface area contributed by atoms with Crippen molar-refractivity contribution in [2.75, 3.05) is 23.7 Å². The Morgan fingerprint density at radius 3 is 2.34 bits per heavy atom. The highest BCUT2D eigenvalue weighted by Gasteiger charge is 2.33. The Kier molecular flexibility index (Phi) is 8.79. The fourth-order valence-electron chi connectivity index (χ4n) is 5.00. The summed E-state index contributed by atoms with van der Waals surface area (Å²) >= 11 is 6.48. The van der Waals surface area contributed by atoms with Gasteiger partial charge in [-0.1, -0.05) is 37.6 Å². The Morgan fingerprint density at radius 2 is 1.71 bits per heavy atom. The predicted octanol–water partition coefficient (Wildman–Crippen LogP) is 3.03. The Balaban J connectivity index is 1.71. The van der Waals surface area contributed by atoms with Gasteiger partial charge in [-0.25, -0.2) is 13.4 Å². The van der Waals surface area contributed by atoms with Gasteiger partial charge in [-0.3, -0.25) is 0 Å². The number of nitrogens with one attached hydrogen (secondary N) is 3. The highest BCUT2D eigenvalue weighted by molar-refractivity contribution is 7.94. The Labute approximate surface area is 252 Å². The second-order valence-electron chi connectivity index (χ2n) is 12.9. The molecule has 1 aliphatic heterocycles. The molecule has 0 bridgehead atoms. The van der Waals surface area contributed by atoms with Crippen molar-refractivity contribution in [3.63, 3.8) is 0 Å². The van der Waals surface area contributed by atoms with Crippen molar-refractivity contribution in [3.05, 3.63) is 58.7 Å². The van der Waals surface area contributed by atoms with Crippen molar-refractivity contribution in [2.24, 2.45) is 0 Å². The fourth-order valence-corrected chi connectivity index (χ4v) is 6.46. The van der Waals surface area contributed by atoms with E-state index in [0.717, 1.165) is 37.2 Å². The van der Waals surface area contributed by atoms with Crippen LogP contribution in [0, 0.1) is 6.92 Å². The number of halogens is 1. The van der Waals surface area contributed by atoms with Crippen molar-refractivity contribution < 1.29 is 13.2 Å². The van der Waals surface area contributed by atoms with Crippen LogP contribution in [0.2, 0.25) is 5.02 Å². The first-order valence-corrected chi connectivity index (χ1v) is 15.8. The van der Waals surface area contributed by atoms with Crippen LogP contribution in [0.1, 0.15) is 51.7 Å². The number of anilines is 4. The molecule has 4 rings (SSSR count). The molecule has 0 radical (unpaired) electrons. The number of aromatic nitrogens is 2. The van der Waals surface area contributed by atoms with E-state index >= 15 is 0 Å². The number of piperidine rings is 1. The van der Waals surface area contributed by atoms with E-state index in [1.54, 1.807) is 46.0 Å². The molecule has 0 unspecified atom stereocenters. The summed E-state index contributed by atoms with van der Waals surface area (Å²) in [4.78, 5) is 9.20. The number of para-hydroxylation sites is 1. The van der Waals surface area contributed by atoms with Gasteiger partial charge >= 0.3 is 0 Å². The van der Waals surface area contributed by atoms with E-state index in [1.807, 2.05) is 21.7 Å². The quantitative estimate of drug-likeness (QED) is 0.326. The first-order chi connectivity index (χ1) is 19.0. The molecule has 1 aromatic heterocycles. The normalized spacial score (nSPS) is 15.8. The van der Waals surface area contributed by atoms with Gasteiger partial charge < -0.3 is 20.7 Å².